The summed E-state index contributed by atoms with van der Waals surface area (Å²) in [4.78, 5) is 0. The van der Waals surface area contributed by atoms with Gasteiger partial charge < -0.3 is 14.6 Å². The molecule has 94 valence electrons. The molecule has 2 rings (SSSR count). The van der Waals surface area contributed by atoms with E-state index in [1.807, 2.05) is 43.3 Å². The van der Waals surface area contributed by atoms with Gasteiger partial charge in [-0.3, -0.25) is 0 Å². The summed E-state index contributed by atoms with van der Waals surface area (Å²) in [6, 6.07) is 13.0. The minimum atomic E-state index is 0.157. The fraction of sp³-hybridized carbons (Fsp3) is 0.200. The average molecular weight is 244 g/mol. The van der Waals surface area contributed by atoms with Crippen molar-refractivity contribution >= 4 is 0 Å². The van der Waals surface area contributed by atoms with E-state index in [1.165, 1.54) is 7.11 Å². The van der Waals surface area contributed by atoms with E-state index in [1.54, 1.807) is 6.07 Å². The third-order valence-corrected chi connectivity index (χ3v) is 2.70. The van der Waals surface area contributed by atoms with Crippen LogP contribution in [0.5, 0.6) is 17.2 Å². The first-order chi connectivity index (χ1) is 8.76. The van der Waals surface area contributed by atoms with Gasteiger partial charge in [0, 0.05) is 5.56 Å². The maximum Gasteiger partial charge on any atom is 0.165 e. The second kappa shape index (κ2) is 5.45. The third kappa shape index (κ3) is 2.40. The Bertz CT molecular complexity index is 518. The van der Waals surface area contributed by atoms with E-state index in [4.69, 9.17) is 9.47 Å². The number of rotatable bonds is 4. The minimum absolute atomic E-state index is 0.157. The largest absolute Gasteiger partial charge is 0.504 e. The molecule has 3 heteroatoms. The lowest BCUT2D eigenvalue weighted by molar-refractivity contribution is 0.340. The van der Waals surface area contributed by atoms with Gasteiger partial charge in [0.05, 0.1) is 13.7 Å². The fourth-order valence-corrected chi connectivity index (χ4v) is 1.82. The highest BCUT2D eigenvalue weighted by Gasteiger charge is 2.09. The van der Waals surface area contributed by atoms with Crippen molar-refractivity contribution in [3.63, 3.8) is 0 Å². The Labute approximate surface area is 107 Å². The second-order valence-corrected chi connectivity index (χ2v) is 3.81. The zero-order valence-corrected chi connectivity index (χ0v) is 10.5. The SMILES string of the molecule is CCOc1ccc(-c2cccc(OC)c2O)cc1. The zero-order chi connectivity index (χ0) is 13.0. The van der Waals surface area contributed by atoms with Crippen LogP contribution in [0.1, 0.15) is 6.92 Å². The number of phenols is 1. The zero-order valence-electron chi connectivity index (χ0n) is 10.5. The Morgan fingerprint density at radius 3 is 2.39 bits per heavy atom. The number of phenolic OH excluding ortho intramolecular Hbond substituents is 1. The Balaban J connectivity index is 2.36. The summed E-state index contributed by atoms with van der Waals surface area (Å²) in [7, 11) is 1.54. The van der Waals surface area contributed by atoms with Crippen molar-refractivity contribution < 1.29 is 14.6 Å². The van der Waals surface area contributed by atoms with Crippen LogP contribution in [0.3, 0.4) is 0 Å². The van der Waals surface area contributed by atoms with Gasteiger partial charge in [0.1, 0.15) is 5.75 Å². The molecular formula is C15H16O3. The fourth-order valence-electron chi connectivity index (χ4n) is 1.82. The number of benzene rings is 2. The minimum Gasteiger partial charge on any atom is -0.504 e. The van der Waals surface area contributed by atoms with Crippen LogP contribution >= 0.6 is 0 Å². The van der Waals surface area contributed by atoms with Crippen molar-refractivity contribution in [2.75, 3.05) is 13.7 Å². The Hall–Kier alpha value is -2.16. The van der Waals surface area contributed by atoms with Crippen molar-refractivity contribution in [3.8, 4) is 28.4 Å². The van der Waals surface area contributed by atoms with Crippen LogP contribution < -0.4 is 9.47 Å². The van der Waals surface area contributed by atoms with E-state index in [2.05, 4.69) is 0 Å². The molecule has 0 unspecified atom stereocenters. The lowest BCUT2D eigenvalue weighted by Crippen LogP contribution is -1.91. The summed E-state index contributed by atoms with van der Waals surface area (Å²) in [6.45, 7) is 2.59. The first kappa shape index (κ1) is 12.3. The van der Waals surface area contributed by atoms with Crippen molar-refractivity contribution in [1.82, 2.24) is 0 Å². The molecular weight excluding hydrogens is 228 g/mol. The number of ether oxygens (including phenoxy) is 2. The molecule has 2 aromatic rings. The molecule has 0 fully saturated rings. The van der Waals surface area contributed by atoms with Crippen LogP contribution in [0.15, 0.2) is 42.5 Å². The Morgan fingerprint density at radius 1 is 1.06 bits per heavy atom. The maximum atomic E-state index is 10.1. The molecule has 1 N–H and O–H groups in total. The monoisotopic (exact) mass is 244 g/mol. The van der Waals surface area contributed by atoms with Crippen LogP contribution in [0.2, 0.25) is 0 Å². The lowest BCUT2D eigenvalue weighted by Gasteiger charge is -2.09. The van der Waals surface area contributed by atoms with Gasteiger partial charge in [-0.1, -0.05) is 24.3 Å². The summed E-state index contributed by atoms with van der Waals surface area (Å²) in [5.74, 6) is 1.45. The van der Waals surface area contributed by atoms with Crippen molar-refractivity contribution in [3.05, 3.63) is 42.5 Å². The van der Waals surface area contributed by atoms with Gasteiger partial charge in [0.15, 0.2) is 11.5 Å². The van der Waals surface area contributed by atoms with E-state index >= 15 is 0 Å². The van der Waals surface area contributed by atoms with Gasteiger partial charge >= 0.3 is 0 Å². The maximum absolute atomic E-state index is 10.1. The topological polar surface area (TPSA) is 38.7 Å². The van der Waals surface area contributed by atoms with E-state index in [0.29, 0.717) is 12.4 Å². The molecule has 0 aliphatic carbocycles. The van der Waals surface area contributed by atoms with Crippen molar-refractivity contribution in [2.45, 2.75) is 6.92 Å². The molecule has 0 aliphatic rings. The van der Waals surface area contributed by atoms with Crippen LogP contribution in [0.25, 0.3) is 11.1 Å². The summed E-state index contributed by atoms with van der Waals surface area (Å²) in [6.07, 6.45) is 0. The number of methoxy groups -OCH3 is 1. The molecule has 2 aromatic carbocycles. The molecule has 0 radical (unpaired) electrons. The Kier molecular flexibility index (Phi) is 3.72. The van der Waals surface area contributed by atoms with Gasteiger partial charge in [-0.25, -0.2) is 0 Å². The van der Waals surface area contributed by atoms with Gasteiger partial charge in [-0.05, 0) is 30.7 Å². The number of para-hydroxylation sites is 1. The van der Waals surface area contributed by atoms with Crippen LogP contribution in [0, 0.1) is 0 Å². The molecule has 18 heavy (non-hydrogen) atoms. The van der Waals surface area contributed by atoms with E-state index in [9.17, 15) is 5.11 Å². The summed E-state index contributed by atoms with van der Waals surface area (Å²) in [5.41, 5.74) is 1.67. The molecule has 0 aliphatic heterocycles. The predicted octanol–water partition coefficient (Wildman–Crippen LogP) is 3.47. The highest BCUT2D eigenvalue weighted by molar-refractivity contribution is 5.73. The highest BCUT2D eigenvalue weighted by atomic mass is 16.5. The number of hydrogen-bond acceptors (Lipinski definition) is 3. The normalized spacial score (nSPS) is 10.1. The molecule has 0 bridgehead atoms. The Morgan fingerprint density at radius 2 is 1.78 bits per heavy atom. The van der Waals surface area contributed by atoms with Gasteiger partial charge in [0.2, 0.25) is 0 Å². The molecule has 0 aromatic heterocycles. The van der Waals surface area contributed by atoms with E-state index < -0.39 is 0 Å². The molecule has 3 nitrogen and oxygen atoms in total. The predicted molar refractivity (Wildman–Crippen MR) is 71.3 cm³/mol. The highest BCUT2D eigenvalue weighted by Crippen LogP contribution is 2.37. The second-order valence-electron chi connectivity index (χ2n) is 3.81. The molecule has 0 atom stereocenters. The molecule has 0 spiro atoms. The first-order valence-electron chi connectivity index (χ1n) is 5.85. The molecule has 0 amide bonds. The number of aromatic hydroxyl groups is 1. The van der Waals surface area contributed by atoms with Crippen LogP contribution in [0.4, 0.5) is 0 Å². The average Bonchev–Trinajstić information content (AvgIpc) is 2.41. The lowest BCUT2D eigenvalue weighted by atomic mass is 10.0. The summed E-state index contributed by atoms with van der Waals surface area (Å²) < 4.78 is 10.5. The quantitative estimate of drug-likeness (QED) is 0.895. The van der Waals surface area contributed by atoms with Crippen molar-refractivity contribution in [1.29, 1.82) is 0 Å². The smallest absolute Gasteiger partial charge is 0.165 e. The standard InChI is InChI=1S/C15H16O3/c1-3-18-12-9-7-11(8-10-12)13-5-4-6-14(17-2)15(13)16/h4-10,16H,3H2,1-2H3. The van der Waals surface area contributed by atoms with Crippen LogP contribution in [-0.4, -0.2) is 18.8 Å². The van der Waals surface area contributed by atoms with Gasteiger partial charge in [-0.2, -0.15) is 0 Å². The van der Waals surface area contributed by atoms with Crippen LogP contribution in [-0.2, 0) is 0 Å². The molecule has 0 heterocycles. The summed E-state index contributed by atoms with van der Waals surface area (Å²) >= 11 is 0. The van der Waals surface area contributed by atoms with Gasteiger partial charge in [-0.15, -0.1) is 0 Å². The van der Waals surface area contributed by atoms with E-state index in [-0.39, 0.29) is 5.75 Å². The van der Waals surface area contributed by atoms with Crippen molar-refractivity contribution in [2.24, 2.45) is 0 Å². The molecule has 0 saturated carbocycles. The van der Waals surface area contributed by atoms with E-state index in [0.717, 1.165) is 16.9 Å². The first-order valence-corrected chi connectivity index (χ1v) is 5.85. The number of hydrogen-bond donors (Lipinski definition) is 1. The molecule has 0 saturated heterocycles. The summed E-state index contributed by atoms with van der Waals surface area (Å²) in [5, 5.41) is 10.1. The van der Waals surface area contributed by atoms with Gasteiger partial charge in [0.25, 0.3) is 0 Å². The third-order valence-electron chi connectivity index (χ3n) is 2.70.